The number of aryl methyl sites for hydroxylation is 2. The van der Waals surface area contributed by atoms with E-state index in [1.807, 2.05) is 29.9 Å². The van der Waals surface area contributed by atoms with Crippen molar-refractivity contribution in [1.29, 1.82) is 0 Å². The van der Waals surface area contributed by atoms with Crippen molar-refractivity contribution in [3.05, 3.63) is 59.4 Å². The molecule has 3 aliphatic rings. The summed E-state index contributed by atoms with van der Waals surface area (Å²) in [6, 6.07) is 12.2. The molecule has 2 amide bonds. The average Bonchev–Trinajstić information content (AvgIpc) is 3.68. The molecule has 1 aromatic heterocycles. The van der Waals surface area contributed by atoms with Crippen LogP contribution >= 0.6 is 0 Å². The molecule has 0 unspecified atom stereocenters. The predicted octanol–water partition coefficient (Wildman–Crippen LogP) is 3.36. The third-order valence-electron chi connectivity index (χ3n) is 8.00. The Labute approximate surface area is 219 Å². The number of ether oxygens (including phenoxy) is 1. The minimum absolute atomic E-state index is 0.0337. The Bertz CT molecular complexity index is 1110. The largest absolute Gasteiger partial charge is 0.379 e. The molecule has 2 aliphatic heterocycles. The van der Waals surface area contributed by atoms with Gasteiger partial charge in [-0.15, -0.1) is 0 Å². The Morgan fingerprint density at radius 3 is 2.49 bits per heavy atom. The maximum absolute atomic E-state index is 13.9. The normalized spacial score (nSPS) is 20.9. The second kappa shape index (κ2) is 11.6. The molecular weight excluding hydrogens is 466 g/mol. The molecule has 1 aromatic carbocycles. The number of hydrogen-bond acceptors (Lipinski definition) is 5. The van der Waals surface area contributed by atoms with E-state index in [0.717, 1.165) is 75.5 Å². The van der Waals surface area contributed by atoms with E-state index in [1.54, 1.807) is 9.91 Å². The molecule has 0 N–H and O–H groups in total. The number of aromatic nitrogens is 1. The molecule has 37 heavy (non-hydrogen) atoms. The first kappa shape index (κ1) is 25.7. The van der Waals surface area contributed by atoms with Crippen molar-refractivity contribution in [2.24, 2.45) is 18.1 Å². The summed E-state index contributed by atoms with van der Waals surface area (Å²) in [5.41, 5.74) is 4.15. The van der Waals surface area contributed by atoms with Crippen LogP contribution in [0.5, 0.6) is 0 Å². The number of hydrazone groups is 1. The van der Waals surface area contributed by atoms with E-state index >= 15 is 0 Å². The third kappa shape index (κ3) is 5.96. The molecule has 0 spiro atoms. The van der Waals surface area contributed by atoms with Gasteiger partial charge in [0.15, 0.2) is 0 Å². The SMILES string of the molecule is Cc1ccc([C@@H]2CC(c3cccn3C)=NN2C(=O)CN(CCN2CCOCC2)C(=O)C2CCCC2)cc1. The van der Waals surface area contributed by atoms with Crippen molar-refractivity contribution in [2.45, 2.75) is 45.1 Å². The first-order valence-electron chi connectivity index (χ1n) is 13.7. The highest BCUT2D eigenvalue weighted by molar-refractivity contribution is 6.02. The maximum atomic E-state index is 13.9. The van der Waals surface area contributed by atoms with Gasteiger partial charge >= 0.3 is 0 Å². The van der Waals surface area contributed by atoms with Crippen molar-refractivity contribution in [1.82, 2.24) is 19.4 Å². The average molecular weight is 506 g/mol. The Kier molecular flexibility index (Phi) is 8.05. The molecule has 8 nitrogen and oxygen atoms in total. The van der Waals surface area contributed by atoms with E-state index in [0.29, 0.717) is 13.0 Å². The van der Waals surface area contributed by atoms with Gasteiger partial charge in [-0.3, -0.25) is 14.5 Å². The summed E-state index contributed by atoms with van der Waals surface area (Å²) in [4.78, 5) is 31.5. The zero-order chi connectivity index (χ0) is 25.8. The number of morpholine rings is 1. The van der Waals surface area contributed by atoms with E-state index in [-0.39, 0.29) is 30.3 Å². The molecule has 1 aliphatic carbocycles. The first-order valence-corrected chi connectivity index (χ1v) is 13.7. The van der Waals surface area contributed by atoms with E-state index in [2.05, 4.69) is 36.1 Å². The molecule has 198 valence electrons. The molecule has 8 heteroatoms. The monoisotopic (exact) mass is 505 g/mol. The number of nitrogens with zero attached hydrogens (tertiary/aromatic N) is 5. The molecule has 3 heterocycles. The predicted molar refractivity (Wildman–Crippen MR) is 143 cm³/mol. The van der Waals surface area contributed by atoms with Gasteiger partial charge in [0.05, 0.1) is 30.7 Å². The summed E-state index contributed by atoms with van der Waals surface area (Å²) < 4.78 is 7.52. The first-order chi connectivity index (χ1) is 18.0. The van der Waals surface area contributed by atoms with Gasteiger partial charge in [0, 0.05) is 51.8 Å². The lowest BCUT2D eigenvalue weighted by Crippen LogP contribution is -2.47. The Hall–Kier alpha value is -2.97. The highest BCUT2D eigenvalue weighted by Crippen LogP contribution is 2.33. The van der Waals surface area contributed by atoms with E-state index in [1.165, 1.54) is 5.56 Å². The Balaban J connectivity index is 1.37. The Morgan fingerprint density at radius 2 is 1.81 bits per heavy atom. The van der Waals surface area contributed by atoms with Crippen LogP contribution in [0.15, 0.2) is 47.7 Å². The molecule has 0 radical (unpaired) electrons. The molecular formula is C29H39N5O3. The standard InChI is InChI=1S/C29H39N5O3/c1-22-9-11-23(12-10-22)27-20-25(26-8-5-13-31(26)2)30-34(27)28(35)21-33(29(36)24-6-3-4-7-24)15-14-32-16-18-37-19-17-32/h5,8-13,24,27H,3-4,6-7,14-21H2,1-2H3/t27-/m0/s1. The number of hydrogen-bond donors (Lipinski definition) is 0. The minimum atomic E-state index is -0.180. The fraction of sp³-hybridized carbons (Fsp3) is 0.552. The van der Waals surface area contributed by atoms with E-state index in [9.17, 15) is 9.59 Å². The van der Waals surface area contributed by atoms with Gasteiger partial charge < -0.3 is 14.2 Å². The van der Waals surface area contributed by atoms with Crippen LogP contribution in [0.1, 0.15) is 55.0 Å². The Morgan fingerprint density at radius 1 is 1.08 bits per heavy atom. The van der Waals surface area contributed by atoms with Gasteiger partial charge in [-0.1, -0.05) is 42.7 Å². The third-order valence-corrected chi connectivity index (χ3v) is 8.00. The minimum Gasteiger partial charge on any atom is -0.379 e. The lowest BCUT2D eigenvalue weighted by molar-refractivity contribution is -0.144. The van der Waals surface area contributed by atoms with Gasteiger partial charge in [0.2, 0.25) is 5.91 Å². The van der Waals surface area contributed by atoms with Crippen molar-refractivity contribution in [3.63, 3.8) is 0 Å². The van der Waals surface area contributed by atoms with Crippen LogP contribution in [0.2, 0.25) is 0 Å². The van der Waals surface area contributed by atoms with Gasteiger partial charge in [0.25, 0.3) is 5.91 Å². The second-order valence-electron chi connectivity index (χ2n) is 10.6. The van der Waals surface area contributed by atoms with Crippen LogP contribution in [0.3, 0.4) is 0 Å². The van der Waals surface area contributed by atoms with Crippen LogP contribution in [0.25, 0.3) is 0 Å². The molecule has 0 bridgehead atoms. The molecule has 2 fully saturated rings. The summed E-state index contributed by atoms with van der Waals surface area (Å²) in [7, 11) is 2.00. The van der Waals surface area contributed by atoms with Crippen molar-refractivity contribution in [2.75, 3.05) is 45.9 Å². The maximum Gasteiger partial charge on any atom is 0.262 e. The van der Waals surface area contributed by atoms with Crippen molar-refractivity contribution < 1.29 is 14.3 Å². The highest BCUT2D eigenvalue weighted by atomic mass is 16.5. The zero-order valence-corrected chi connectivity index (χ0v) is 22.1. The van der Waals surface area contributed by atoms with Gasteiger partial charge in [-0.25, -0.2) is 5.01 Å². The molecule has 1 saturated carbocycles. The molecule has 5 rings (SSSR count). The number of carbonyl (C=O) groups is 2. The highest BCUT2D eigenvalue weighted by Gasteiger charge is 2.36. The summed E-state index contributed by atoms with van der Waals surface area (Å²) in [5, 5.41) is 6.48. The fourth-order valence-electron chi connectivity index (χ4n) is 5.72. The molecule has 1 saturated heterocycles. The fourth-order valence-corrected chi connectivity index (χ4v) is 5.72. The lowest BCUT2D eigenvalue weighted by Gasteiger charge is -2.32. The summed E-state index contributed by atoms with van der Waals surface area (Å²) in [6.45, 7) is 6.61. The second-order valence-corrected chi connectivity index (χ2v) is 10.6. The van der Waals surface area contributed by atoms with Crippen molar-refractivity contribution >= 4 is 17.5 Å². The topological polar surface area (TPSA) is 70.4 Å². The van der Waals surface area contributed by atoms with Crippen LogP contribution < -0.4 is 0 Å². The van der Waals surface area contributed by atoms with Crippen LogP contribution in [0.4, 0.5) is 0 Å². The number of benzene rings is 1. The number of amides is 2. The van der Waals surface area contributed by atoms with E-state index in [4.69, 9.17) is 9.84 Å². The van der Waals surface area contributed by atoms with Gasteiger partial charge in [-0.2, -0.15) is 5.10 Å². The molecule has 1 atom stereocenters. The smallest absolute Gasteiger partial charge is 0.262 e. The van der Waals surface area contributed by atoms with Crippen LogP contribution in [-0.2, 0) is 21.4 Å². The number of rotatable bonds is 8. The quantitative estimate of drug-likeness (QED) is 0.552. The summed E-state index contributed by atoms with van der Waals surface area (Å²) in [5.74, 6) is 0.0336. The summed E-state index contributed by atoms with van der Waals surface area (Å²) in [6.07, 6.45) is 6.67. The van der Waals surface area contributed by atoms with E-state index < -0.39 is 0 Å². The summed E-state index contributed by atoms with van der Waals surface area (Å²) >= 11 is 0. The van der Waals surface area contributed by atoms with Gasteiger partial charge in [-0.05, 0) is 37.5 Å². The molecule has 2 aromatic rings. The van der Waals surface area contributed by atoms with Crippen LogP contribution in [0, 0.1) is 12.8 Å². The zero-order valence-electron chi connectivity index (χ0n) is 22.1. The van der Waals surface area contributed by atoms with Gasteiger partial charge in [0.1, 0.15) is 6.54 Å². The number of carbonyl (C=O) groups excluding carboxylic acids is 2. The van der Waals surface area contributed by atoms with Crippen LogP contribution in [-0.4, -0.2) is 82.8 Å². The van der Waals surface area contributed by atoms with Crippen molar-refractivity contribution in [3.8, 4) is 0 Å². The lowest BCUT2D eigenvalue weighted by atomic mass is 9.99.